The number of likely N-dealkylation sites (tertiary alicyclic amines) is 1. The third-order valence-electron chi connectivity index (χ3n) is 6.21. The van der Waals surface area contributed by atoms with Crippen molar-refractivity contribution >= 4 is 15.9 Å². The average molecular weight is 408 g/mol. The fourth-order valence-corrected chi connectivity index (χ4v) is 5.57. The van der Waals surface area contributed by atoms with E-state index in [1.807, 2.05) is 31.7 Å². The Morgan fingerprint density at radius 2 is 1.50 bits per heavy atom. The van der Waals surface area contributed by atoms with Gasteiger partial charge < -0.3 is 4.90 Å². The molecule has 156 valence electrons. The quantitative estimate of drug-likeness (QED) is 0.769. The molecule has 0 aliphatic carbocycles. The summed E-state index contributed by atoms with van der Waals surface area (Å²) in [7, 11) is -3.48. The lowest BCUT2D eigenvalue weighted by Crippen LogP contribution is -2.55. The smallest absolute Gasteiger partial charge is 0.243 e. The number of carbonyl (C=O) groups is 1. The standard InChI is InChI=1S/C21H33N3O3S/c1-17-8-9-20(16-18(17)2)28(26,27)24-14-12-22(13-15-24)19(3)21(25)23-10-6-4-5-7-11-23/h8-9,16,19H,4-7,10-15H2,1-3H3. The maximum atomic E-state index is 13.0. The molecule has 6 nitrogen and oxygen atoms in total. The SMILES string of the molecule is Cc1ccc(S(=O)(=O)N2CCN(C(C)C(=O)N3CCCCCC3)CC2)cc1C. The number of piperazine rings is 1. The number of nitrogens with zero attached hydrogens (tertiary/aromatic N) is 3. The van der Waals surface area contributed by atoms with Crippen LogP contribution in [0.25, 0.3) is 0 Å². The van der Waals surface area contributed by atoms with Crippen molar-refractivity contribution in [2.45, 2.75) is 57.4 Å². The van der Waals surface area contributed by atoms with Crippen LogP contribution in [0.2, 0.25) is 0 Å². The molecule has 3 rings (SSSR count). The van der Waals surface area contributed by atoms with Crippen LogP contribution >= 0.6 is 0 Å². The van der Waals surface area contributed by atoms with E-state index in [0.717, 1.165) is 37.1 Å². The molecule has 28 heavy (non-hydrogen) atoms. The molecule has 7 heteroatoms. The normalized spacial score (nSPS) is 21.3. The van der Waals surface area contributed by atoms with Crippen LogP contribution in [0, 0.1) is 13.8 Å². The highest BCUT2D eigenvalue weighted by atomic mass is 32.2. The maximum absolute atomic E-state index is 13.0. The lowest BCUT2D eigenvalue weighted by atomic mass is 10.1. The van der Waals surface area contributed by atoms with Crippen LogP contribution in [-0.2, 0) is 14.8 Å². The first-order valence-corrected chi connectivity index (χ1v) is 11.8. The molecule has 1 aromatic carbocycles. The highest BCUT2D eigenvalue weighted by Gasteiger charge is 2.33. The first-order valence-electron chi connectivity index (χ1n) is 10.4. The molecule has 1 aromatic rings. The highest BCUT2D eigenvalue weighted by Crippen LogP contribution is 2.21. The molecular weight excluding hydrogens is 374 g/mol. The molecule has 2 saturated heterocycles. The van der Waals surface area contributed by atoms with E-state index in [0.29, 0.717) is 31.1 Å². The molecule has 0 N–H and O–H groups in total. The van der Waals surface area contributed by atoms with E-state index >= 15 is 0 Å². The van der Waals surface area contributed by atoms with Gasteiger partial charge in [-0.15, -0.1) is 0 Å². The first kappa shape index (κ1) is 21.3. The van der Waals surface area contributed by atoms with Crippen molar-refractivity contribution in [3.8, 4) is 0 Å². The minimum Gasteiger partial charge on any atom is -0.341 e. The topological polar surface area (TPSA) is 60.9 Å². The third kappa shape index (κ3) is 4.58. The van der Waals surface area contributed by atoms with E-state index < -0.39 is 10.0 Å². The molecule has 1 atom stereocenters. The van der Waals surface area contributed by atoms with E-state index in [4.69, 9.17) is 0 Å². The fraction of sp³-hybridized carbons (Fsp3) is 0.667. The summed E-state index contributed by atoms with van der Waals surface area (Å²) < 4.78 is 27.5. The number of benzene rings is 1. The summed E-state index contributed by atoms with van der Waals surface area (Å²) in [6, 6.07) is 5.11. The molecule has 2 heterocycles. The maximum Gasteiger partial charge on any atom is 0.243 e. The number of carbonyl (C=O) groups excluding carboxylic acids is 1. The number of rotatable bonds is 4. The van der Waals surface area contributed by atoms with Crippen molar-refractivity contribution < 1.29 is 13.2 Å². The lowest BCUT2D eigenvalue weighted by Gasteiger charge is -2.38. The van der Waals surface area contributed by atoms with Crippen molar-refractivity contribution in [1.29, 1.82) is 0 Å². The van der Waals surface area contributed by atoms with Crippen LogP contribution in [0.4, 0.5) is 0 Å². The van der Waals surface area contributed by atoms with Crippen molar-refractivity contribution in [2.24, 2.45) is 0 Å². The zero-order valence-corrected chi connectivity index (χ0v) is 18.2. The van der Waals surface area contributed by atoms with Gasteiger partial charge in [0.1, 0.15) is 0 Å². The monoisotopic (exact) mass is 407 g/mol. The van der Waals surface area contributed by atoms with Gasteiger partial charge in [-0.3, -0.25) is 9.69 Å². The Morgan fingerprint density at radius 1 is 0.893 bits per heavy atom. The molecule has 1 amide bonds. The van der Waals surface area contributed by atoms with Crippen LogP contribution < -0.4 is 0 Å². The molecule has 0 aromatic heterocycles. The largest absolute Gasteiger partial charge is 0.341 e. The Morgan fingerprint density at radius 3 is 2.07 bits per heavy atom. The Bertz CT molecular complexity index is 793. The van der Waals surface area contributed by atoms with Crippen LogP contribution in [-0.4, -0.2) is 73.7 Å². The summed E-state index contributed by atoms with van der Waals surface area (Å²) in [5, 5.41) is 0. The summed E-state index contributed by atoms with van der Waals surface area (Å²) in [5.74, 6) is 0.187. The molecule has 0 spiro atoms. The van der Waals surface area contributed by atoms with Gasteiger partial charge in [-0.25, -0.2) is 8.42 Å². The van der Waals surface area contributed by atoms with Crippen molar-refractivity contribution in [1.82, 2.24) is 14.1 Å². The summed E-state index contributed by atoms with van der Waals surface area (Å²) in [6.07, 6.45) is 4.57. The van der Waals surface area contributed by atoms with Crippen LogP contribution in [0.15, 0.2) is 23.1 Å². The number of aryl methyl sites for hydroxylation is 2. The van der Waals surface area contributed by atoms with Gasteiger partial charge in [0.15, 0.2) is 0 Å². The third-order valence-corrected chi connectivity index (χ3v) is 8.11. The molecule has 1 unspecified atom stereocenters. The van der Waals surface area contributed by atoms with Gasteiger partial charge in [-0.05, 0) is 56.9 Å². The average Bonchev–Trinajstić information content (AvgIpc) is 2.98. The Hall–Kier alpha value is -1.44. The van der Waals surface area contributed by atoms with Crippen molar-refractivity contribution in [2.75, 3.05) is 39.3 Å². The second-order valence-electron chi connectivity index (χ2n) is 8.10. The fourth-order valence-electron chi connectivity index (χ4n) is 4.07. The Balaban J connectivity index is 1.61. The Labute approximate surface area is 169 Å². The van der Waals surface area contributed by atoms with Gasteiger partial charge in [0, 0.05) is 39.3 Å². The second-order valence-corrected chi connectivity index (χ2v) is 10.0. The molecule has 2 fully saturated rings. The summed E-state index contributed by atoms with van der Waals surface area (Å²) in [4.78, 5) is 17.4. The van der Waals surface area contributed by atoms with Crippen molar-refractivity contribution in [3.63, 3.8) is 0 Å². The number of sulfonamides is 1. The zero-order valence-electron chi connectivity index (χ0n) is 17.4. The molecule has 0 saturated carbocycles. The minimum absolute atomic E-state index is 0.187. The van der Waals surface area contributed by atoms with Gasteiger partial charge in [-0.2, -0.15) is 4.31 Å². The van der Waals surface area contributed by atoms with E-state index in [9.17, 15) is 13.2 Å². The highest BCUT2D eigenvalue weighted by molar-refractivity contribution is 7.89. The molecule has 0 bridgehead atoms. The van der Waals surface area contributed by atoms with Crippen LogP contribution in [0.5, 0.6) is 0 Å². The van der Waals surface area contributed by atoms with Crippen LogP contribution in [0.1, 0.15) is 43.7 Å². The van der Waals surface area contributed by atoms with Gasteiger partial charge in [0.25, 0.3) is 0 Å². The van der Waals surface area contributed by atoms with E-state index in [-0.39, 0.29) is 11.9 Å². The molecule has 2 aliphatic heterocycles. The number of hydrogen-bond acceptors (Lipinski definition) is 4. The van der Waals surface area contributed by atoms with E-state index in [1.165, 1.54) is 12.8 Å². The van der Waals surface area contributed by atoms with Gasteiger partial charge in [0.2, 0.25) is 15.9 Å². The summed E-state index contributed by atoms with van der Waals surface area (Å²) >= 11 is 0. The first-order chi connectivity index (χ1) is 13.3. The zero-order chi connectivity index (χ0) is 20.3. The predicted octanol–water partition coefficient (Wildman–Crippen LogP) is 2.40. The number of amides is 1. The Kier molecular flexibility index (Phi) is 6.78. The predicted molar refractivity (Wildman–Crippen MR) is 111 cm³/mol. The lowest BCUT2D eigenvalue weighted by molar-refractivity contribution is -0.136. The number of hydrogen-bond donors (Lipinski definition) is 0. The van der Waals surface area contributed by atoms with Gasteiger partial charge >= 0.3 is 0 Å². The summed E-state index contributed by atoms with van der Waals surface area (Å²) in [6.45, 7) is 9.60. The van der Waals surface area contributed by atoms with E-state index in [1.54, 1.807) is 16.4 Å². The molecule has 2 aliphatic rings. The second kappa shape index (κ2) is 8.93. The molecule has 0 radical (unpaired) electrons. The van der Waals surface area contributed by atoms with Crippen molar-refractivity contribution in [3.05, 3.63) is 29.3 Å². The van der Waals surface area contributed by atoms with Gasteiger partial charge in [-0.1, -0.05) is 18.9 Å². The minimum atomic E-state index is -3.48. The van der Waals surface area contributed by atoms with E-state index in [2.05, 4.69) is 4.90 Å². The van der Waals surface area contributed by atoms with Crippen LogP contribution in [0.3, 0.4) is 0 Å². The molecular formula is C21H33N3O3S. The summed E-state index contributed by atoms with van der Waals surface area (Å²) in [5.41, 5.74) is 2.07. The van der Waals surface area contributed by atoms with Gasteiger partial charge in [0.05, 0.1) is 10.9 Å².